The predicted octanol–water partition coefficient (Wildman–Crippen LogP) is 5.25. The largest absolute Gasteiger partial charge is 0.490 e. The number of carbonyl (C=O) groups is 2. The van der Waals surface area contributed by atoms with Crippen molar-refractivity contribution in [2.75, 3.05) is 18.0 Å². The summed E-state index contributed by atoms with van der Waals surface area (Å²) in [6.07, 6.45) is -1.30. The molecule has 0 saturated carbocycles. The molecule has 0 radical (unpaired) electrons. The normalized spacial score (nSPS) is 18.4. The summed E-state index contributed by atoms with van der Waals surface area (Å²) in [5.41, 5.74) is 1.15. The zero-order valence-electron chi connectivity index (χ0n) is 19.8. The van der Waals surface area contributed by atoms with E-state index in [0.29, 0.717) is 40.7 Å². The number of nitrogens with one attached hydrogen (secondary N) is 2. The van der Waals surface area contributed by atoms with Crippen molar-refractivity contribution < 1.29 is 27.5 Å². The molecule has 4 rings (SSSR count). The van der Waals surface area contributed by atoms with Gasteiger partial charge in [0.15, 0.2) is 0 Å². The van der Waals surface area contributed by atoms with Gasteiger partial charge in [-0.15, -0.1) is 0 Å². The molecule has 1 unspecified atom stereocenters. The quantitative estimate of drug-likeness (QED) is 0.370. The van der Waals surface area contributed by atoms with Crippen LogP contribution in [0.15, 0.2) is 47.1 Å². The number of anilines is 1. The number of ether oxygens (including phenoxy) is 1. The highest BCUT2D eigenvalue weighted by atomic mass is 79.9. The van der Waals surface area contributed by atoms with Crippen LogP contribution >= 0.6 is 15.9 Å². The van der Waals surface area contributed by atoms with Gasteiger partial charge in [-0.25, -0.2) is 0 Å². The Kier molecular flexibility index (Phi) is 7.31. The summed E-state index contributed by atoms with van der Waals surface area (Å²) >= 11 is 3.53. The lowest BCUT2D eigenvalue weighted by Crippen LogP contribution is -2.45. The van der Waals surface area contributed by atoms with E-state index in [4.69, 9.17) is 4.74 Å². The number of hydrogen-bond acceptors (Lipinski definition) is 4. The molecular weight excluding hydrogens is 541 g/mol. The second-order valence-corrected chi connectivity index (χ2v) is 9.91. The summed E-state index contributed by atoms with van der Waals surface area (Å²) in [4.78, 5) is 27.1. The van der Waals surface area contributed by atoms with E-state index in [1.54, 1.807) is 25.3 Å². The molecule has 2 amide bonds. The number of alkyl halides is 3. The van der Waals surface area contributed by atoms with E-state index in [1.165, 1.54) is 4.90 Å². The minimum absolute atomic E-state index is 0.172. The molecule has 1 aliphatic rings. The van der Waals surface area contributed by atoms with Gasteiger partial charge in [-0.3, -0.25) is 14.7 Å². The molecule has 2 atom stereocenters. The maximum atomic E-state index is 13.6. The van der Waals surface area contributed by atoms with Gasteiger partial charge in [-0.2, -0.15) is 18.3 Å². The third-order valence-electron chi connectivity index (χ3n) is 6.48. The first-order valence-electron chi connectivity index (χ1n) is 11.6. The van der Waals surface area contributed by atoms with Crippen LogP contribution in [-0.4, -0.2) is 47.4 Å². The Hall–Kier alpha value is -3.08. The van der Waals surface area contributed by atoms with E-state index in [9.17, 15) is 22.8 Å². The predicted molar refractivity (Wildman–Crippen MR) is 133 cm³/mol. The fourth-order valence-electron chi connectivity index (χ4n) is 4.57. The van der Waals surface area contributed by atoms with Crippen LogP contribution in [0.1, 0.15) is 38.7 Å². The molecule has 1 aliphatic heterocycles. The first-order chi connectivity index (χ1) is 17.0. The van der Waals surface area contributed by atoms with Gasteiger partial charge in [-0.1, -0.05) is 28.9 Å². The first kappa shape index (κ1) is 26.0. The van der Waals surface area contributed by atoms with E-state index < -0.39 is 30.6 Å². The maximum absolute atomic E-state index is 13.6. The molecule has 0 fully saturated rings. The van der Waals surface area contributed by atoms with Crippen molar-refractivity contribution in [3.05, 3.63) is 52.6 Å². The van der Waals surface area contributed by atoms with Crippen molar-refractivity contribution >= 4 is 44.3 Å². The number of hydrogen-bond donors (Lipinski definition) is 2. The van der Waals surface area contributed by atoms with Crippen molar-refractivity contribution in [2.45, 2.75) is 50.8 Å². The minimum Gasteiger partial charge on any atom is -0.490 e. The van der Waals surface area contributed by atoms with Gasteiger partial charge in [0.25, 0.3) is 0 Å². The van der Waals surface area contributed by atoms with Crippen LogP contribution < -0.4 is 15.0 Å². The second-order valence-electron chi connectivity index (χ2n) is 9.06. The topological polar surface area (TPSA) is 87.3 Å². The lowest BCUT2D eigenvalue weighted by Gasteiger charge is -2.27. The molecule has 0 aliphatic carbocycles. The van der Waals surface area contributed by atoms with Crippen molar-refractivity contribution in [2.24, 2.45) is 0 Å². The summed E-state index contributed by atoms with van der Waals surface area (Å²) in [6, 6.07) is 10.9. The third kappa shape index (κ3) is 5.35. The molecule has 2 aromatic carbocycles. The molecule has 2 N–H and O–H groups in total. The Balaban J connectivity index is 1.51. The fourth-order valence-corrected chi connectivity index (χ4v) is 5.36. The zero-order chi connectivity index (χ0) is 26.1. The number of H-pyrrole nitrogens is 1. The summed E-state index contributed by atoms with van der Waals surface area (Å²) in [5.74, 6) is -0.510. The number of benzene rings is 2. The number of amides is 2. The Labute approximate surface area is 214 Å². The average Bonchev–Trinajstić information content (AvgIpc) is 3.37. The number of aromatic nitrogens is 2. The van der Waals surface area contributed by atoms with Gasteiger partial charge in [0.1, 0.15) is 18.8 Å². The summed E-state index contributed by atoms with van der Waals surface area (Å²) in [7, 11) is 0. The van der Waals surface area contributed by atoms with Crippen LogP contribution in [0.25, 0.3) is 10.9 Å². The van der Waals surface area contributed by atoms with Crippen LogP contribution in [0, 0.1) is 0 Å². The standard InChI is InChI=1S/C25H26BrF3N4O3/c1-3-16(36-17-7-8-19-15(11-17)12-31-32-19)9-10-24(2)22-18(26)5-4-6-20(22)33(23(24)35)13-21(34)30-14-25(27,28)29/h4-8,11-12,16H,3,9-10,13-14H2,1-2H3,(H,30,34)(H,31,32)/t16?,24-/m0/s1. The van der Waals surface area contributed by atoms with Gasteiger partial charge in [0.05, 0.1) is 23.2 Å². The monoisotopic (exact) mass is 566 g/mol. The molecule has 0 saturated heterocycles. The smallest absolute Gasteiger partial charge is 0.405 e. The number of carbonyl (C=O) groups excluding carboxylic acids is 2. The molecule has 1 aromatic heterocycles. The van der Waals surface area contributed by atoms with Crippen molar-refractivity contribution in [3.8, 4) is 5.75 Å². The van der Waals surface area contributed by atoms with Crippen LogP contribution in [0.4, 0.5) is 18.9 Å². The highest BCUT2D eigenvalue weighted by Gasteiger charge is 2.49. The van der Waals surface area contributed by atoms with Crippen LogP contribution in [0.2, 0.25) is 0 Å². The minimum atomic E-state index is -4.53. The number of fused-ring (bicyclic) bond motifs is 2. The lowest BCUT2D eigenvalue weighted by molar-refractivity contribution is -0.138. The molecular formula is C25H26BrF3N4O3. The summed E-state index contributed by atoms with van der Waals surface area (Å²) in [6.45, 7) is 1.86. The molecule has 0 spiro atoms. The molecule has 192 valence electrons. The van der Waals surface area contributed by atoms with Crippen molar-refractivity contribution in [3.63, 3.8) is 0 Å². The van der Waals surface area contributed by atoms with Gasteiger partial charge < -0.3 is 15.0 Å². The third-order valence-corrected chi connectivity index (χ3v) is 7.14. The Morgan fingerprint density at radius 1 is 1.31 bits per heavy atom. The Morgan fingerprint density at radius 3 is 2.81 bits per heavy atom. The zero-order valence-corrected chi connectivity index (χ0v) is 21.4. The van der Waals surface area contributed by atoms with Gasteiger partial charge in [-0.05, 0) is 56.5 Å². The summed E-state index contributed by atoms with van der Waals surface area (Å²) < 4.78 is 44.5. The van der Waals surface area contributed by atoms with Crippen LogP contribution in [0.3, 0.4) is 0 Å². The Bertz CT molecular complexity index is 1280. The van der Waals surface area contributed by atoms with Gasteiger partial charge in [0.2, 0.25) is 11.8 Å². The number of rotatable bonds is 9. The molecule has 36 heavy (non-hydrogen) atoms. The van der Waals surface area contributed by atoms with E-state index in [1.807, 2.05) is 36.5 Å². The lowest BCUT2D eigenvalue weighted by atomic mass is 9.78. The fraction of sp³-hybridized carbons (Fsp3) is 0.400. The van der Waals surface area contributed by atoms with Crippen molar-refractivity contribution in [1.29, 1.82) is 0 Å². The number of aromatic amines is 1. The highest BCUT2D eigenvalue weighted by molar-refractivity contribution is 9.10. The Morgan fingerprint density at radius 2 is 2.08 bits per heavy atom. The van der Waals surface area contributed by atoms with E-state index in [-0.39, 0.29) is 12.0 Å². The number of halogens is 4. The maximum Gasteiger partial charge on any atom is 0.405 e. The van der Waals surface area contributed by atoms with Crippen LogP contribution in [0.5, 0.6) is 5.75 Å². The van der Waals surface area contributed by atoms with Crippen LogP contribution in [-0.2, 0) is 15.0 Å². The first-order valence-corrected chi connectivity index (χ1v) is 12.4. The molecule has 3 aromatic rings. The molecule has 11 heteroatoms. The molecule has 7 nitrogen and oxygen atoms in total. The van der Waals surface area contributed by atoms with E-state index >= 15 is 0 Å². The highest BCUT2D eigenvalue weighted by Crippen LogP contribution is 2.48. The van der Waals surface area contributed by atoms with Crippen molar-refractivity contribution in [1.82, 2.24) is 15.5 Å². The van der Waals surface area contributed by atoms with Gasteiger partial charge >= 0.3 is 6.18 Å². The van der Waals surface area contributed by atoms with E-state index in [2.05, 4.69) is 26.1 Å². The SMILES string of the molecule is CCC(CC[C@]1(C)C(=O)N(CC(=O)NCC(F)(F)F)c2cccc(Br)c21)Oc1ccc2[nH]ncc2c1. The average molecular weight is 567 g/mol. The van der Waals surface area contributed by atoms with E-state index in [0.717, 1.165) is 10.9 Å². The molecule has 0 bridgehead atoms. The second kappa shape index (κ2) is 10.1. The number of nitrogens with zero attached hydrogens (tertiary/aromatic N) is 2. The summed E-state index contributed by atoms with van der Waals surface area (Å²) in [5, 5.41) is 9.69. The molecule has 2 heterocycles. The van der Waals surface area contributed by atoms with Gasteiger partial charge in [0, 0.05) is 21.1 Å².